The van der Waals surface area contributed by atoms with Crippen LogP contribution in [0.4, 0.5) is 0 Å². The number of hydrogen-bond donors (Lipinski definition) is 2. The molecule has 1 fully saturated rings. The monoisotopic (exact) mass is 467 g/mol. The van der Waals surface area contributed by atoms with Crippen molar-refractivity contribution in [3.8, 4) is 0 Å². The number of imidazole rings is 1. The van der Waals surface area contributed by atoms with Gasteiger partial charge in [-0.25, -0.2) is 4.98 Å². The summed E-state index contributed by atoms with van der Waals surface area (Å²) in [5, 5.41) is 4.17. The molecule has 6 rings (SSSR count). The summed E-state index contributed by atoms with van der Waals surface area (Å²) >= 11 is 5.62. The summed E-state index contributed by atoms with van der Waals surface area (Å²) in [5.41, 5.74) is 5.45. The van der Waals surface area contributed by atoms with Gasteiger partial charge < -0.3 is 10.3 Å². The summed E-state index contributed by atoms with van der Waals surface area (Å²) in [4.78, 5) is 23.6. The summed E-state index contributed by atoms with van der Waals surface area (Å²) in [6.07, 6.45) is 1.91. The zero-order valence-electron chi connectivity index (χ0n) is 18.7. The Morgan fingerprint density at radius 3 is 2.62 bits per heavy atom. The summed E-state index contributed by atoms with van der Waals surface area (Å²) in [5.74, 6) is -0.0453. The molecule has 0 radical (unpaired) electrons. The van der Waals surface area contributed by atoms with Gasteiger partial charge in [-0.2, -0.15) is 0 Å². The number of fused-ring (bicyclic) bond motifs is 5. The van der Waals surface area contributed by atoms with E-state index in [1.165, 1.54) is 5.56 Å². The highest BCUT2D eigenvalue weighted by atomic mass is 32.1. The van der Waals surface area contributed by atoms with Crippen LogP contribution < -0.4 is 5.32 Å². The average Bonchev–Trinajstić information content (AvgIpc) is 3.26. The van der Waals surface area contributed by atoms with Crippen molar-refractivity contribution in [2.75, 3.05) is 13.1 Å². The van der Waals surface area contributed by atoms with Gasteiger partial charge in [0, 0.05) is 36.6 Å². The number of likely N-dealkylation sites (tertiary alicyclic amines) is 1. The Labute approximate surface area is 202 Å². The molecule has 3 aromatic carbocycles. The van der Waals surface area contributed by atoms with E-state index >= 15 is 0 Å². The van der Waals surface area contributed by atoms with E-state index < -0.39 is 0 Å². The van der Waals surface area contributed by atoms with E-state index in [9.17, 15) is 4.79 Å². The van der Waals surface area contributed by atoms with E-state index in [0.29, 0.717) is 10.3 Å². The number of rotatable bonds is 4. The lowest BCUT2D eigenvalue weighted by Gasteiger charge is -2.32. The number of aromatic nitrogens is 3. The number of hydrogen-bond acceptors (Lipinski definition) is 4. The zero-order valence-corrected chi connectivity index (χ0v) is 19.5. The summed E-state index contributed by atoms with van der Waals surface area (Å²) in [7, 11) is 0. The number of benzene rings is 3. The number of amides is 1. The first-order chi connectivity index (χ1) is 16.7. The fraction of sp³-hybridized carbons (Fsp3) is 0.222. The molecule has 2 N–H and O–H groups in total. The molecular weight excluding hydrogens is 442 g/mol. The Morgan fingerprint density at radius 2 is 1.79 bits per heavy atom. The standard InChI is InChI=1S/C27H25N5OS/c33-26(28-20-12-14-31(15-13-20)17-18-6-2-1-3-7-18)19-10-11-21-23(16-19)30-27(34)32-24-9-5-4-8-22(24)29-25(21)32/h1-11,16,20H,12-15,17H2,(H,28,33)(H,30,34). The maximum Gasteiger partial charge on any atom is 0.251 e. The molecule has 6 nitrogen and oxygen atoms in total. The minimum Gasteiger partial charge on any atom is -0.349 e. The molecule has 2 aromatic heterocycles. The van der Waals surface area contributed by atoms with Crippen molar-refractivity contribution in [2.45, 2.75) is 25.4 Å². The first kappa shape index (κ1) is 21.0. The molecule has 34 heavy (non-hydrogen) atoms. The Morgan fingerprint density at radius 1 is 1.03 bits per heavy atom. The second-order valence-electron chi connectivity index (χ2n) is 8.96. The van der Waals surface area contributed by atoms with Crippen LogP contribution in [0.1, 0.15) is 28.8 Å². The molecule has 7 heteroatoms. The summed E-state index contributed by atoms with van der Waals surface area (Å²) in [6, 6.07) is 24.4. The van der Waals surface area contributed by atoms with Gasteiger partial charge in [0.2, 0.25) is 0 Å². The van der Waals surface area contributed by atoms with Crippen molar-refractivity contribution in [1.29, 1.82) is 0 Å². The Kier molecular flexibility index (Phi) is 5.36. The van der Waals surface area contributed by atoms with Crippen LogP contribution in [-0.4, -0.2) is 44.3 Å². The molecule has 0 bridgehead atoms. The van der Waals surface area contributed by atoms with E-state index in [2.05, 4.69) is 39.5 Å². The first-order valence-corrected chi connectivity index (χ1v) is 12.1. The summed E-state index contributed by atoms with van der Waals surface area (Å²) < 4.78 is 2.52. The van der Waals surface area contributed by atoms with Gasteiger partial charge in [-0.15, -0.1) is 0 Å². The number of para-hydroxylation sites is 2. The number of aromatic amines is 1. The molecule has 0 aliphatic carbocycles. The van der Waals surface area contributed by atoms with Crippen molar-refractivity contribution < 1.29 is 4.79 Å². The fourth-order valence-corrected chi connectivity index (χ4v) is 5.21. The van der Waals surface area contributed by atoms with Crippen molar-refractivity contribution in [3.63, 3.8) is 0 Å². The zero-order chi connectivity index (χ0) is 23.1. The summed E-state index contributed by atoms with van der Waals surface area (Å²) in [6.45, 7) is 2.93. The van der Waals surface area contributed by atoms with Crippen LogP contribution in [0.25, 0.3) is 27.6 Å². The number of H-pyrrole nitrogens is 1. The lowest BCUT2D eigenvalue weighted by atomic mass is 10.0. The number of carbonyl (C=O) groups is 1. The van der Waals surface area contributed by atoms with Gasteiger partial charge in [-0.05, 0) is 61.0 Å². The number of nitrogens with zero attached hydrogens (tertiary/aromatic N) is 3. The third-order valence-electron chi connectivity index (χ3n) is 6.70. The van der Waals surface area contributed by atoms with E-state index in [4.69, 9.17) is 17.2 Å². The average molecular weight is 468 g/mol. The van der Waals surface area contributed by atoms with Gasteiger partial charge >= 0.3 is 0 Å². The van der Waals surface area contributed by atoms with Gasteiger partial charge in [-0.1, -0.05) is 42.5 Å². The molecule has 1 amide bonds. The number of piperidine rings is 1. The number of nitrogens with one attached hydrogen (secondary N) is 2. The molecule has 5 aromatic rings. The quantitative estimate of drug-likeness (QED) is 0.361. The van der Waals surface area contributed by atoms with Crippen molar-refractivity contribution >= 4 is 45.7 Å². The molecule has 0 unspecified atom stereocenters. The SMILES string of the molecule is O=C(NC1CCN(Cc2ccccc2)CC1)c1ccc2c(c1)[nH]c(=S)n1c3ccccc3nc21. The van der Waals surface area contributed by atoms with E-state index in [-0.39, 0.29) is 11.9 Å². The van der Waals surface area contributed by atoms with Gasteiger partial charge in [0.05, 0.1) is 16.6 Å². The van der Waals surface area contributed by atoms with Gasteiger partial charge in [0.1, 0.15) is 5.65 Å². The highest BCUT2D eigenvalue weighted by molar-refractivity contribution is 7.71. The van der Waals surface area contributed by atoms with Crippen LogP contribution in [0.15, 0.2) is 72.8 Å². The van der Waals surface area contributed by atoms with Gasteiger partial charge in [0.15, 0.2) is 4.77 Å². The fourth-order valence-electron chi connectivity index (χ4n) is 4.91. The largest absolute Gasteiger partial charge is 0.349 e. The lowest BCUT2D eigenvalue weighted by molar-refractivity contribution is 0.0909. The second kappa shape index (κ2) is 8.66. The van der Waals surface area contributed by atoms with Gasteiger partial charge in [-0.3, -0.25) is 14.1 Å². The Hall–Kier alpha value is -3.55. The predicted molar refractivity (Wildman–Crippen MR) is 138 cm³/mol. The lowest BCUT2D eigenvalue weighted by Crippen LogP contribution is -2.44. The molecule has 0 saturated carbocycles. The minimum atomic E-state index is -0.0453. The molecule has 0 atom stereocenters. The van der Waals surface area contributed by atoms with E-state index in [1.54, 1.807) is 0 Å². The molecule has 1 aliphatic heterocycles. The highest BCUT2D eigenvalue weighted by Crippen LogP contribution is 2.24. The minimum absolute atomic E-state index is 0.0453. The van der Waals surface area contributed by atoms with Crippen molar-refractivity contribution in [2.24, 2.45) is 0 Å². The molecule has 0 spiro atoms. The van der Waals surface area contributed by atoms with E-state index in [1.807, 2.05) is 52.9 Å². The van der Waals surface area contributed by atoms with Crippen molar-refractivity contribution in [3.05, 3.63) is 88.7 Å². The normalized spacial score (nSPS) is 15.3. The van der Waals surface area contributed by atoms with Crippen LogP contribution >= 0.6 is 12.2 Å². The third kappa shape index (κ3) is 3.87. The van der Waals surface area contributed by atoms with Crippen molar-refractivity contribution in [1.82, 2.24) is 24.6 Å². The molecule has 1 saturated heterocycles. The maximum absolute atomic E-state index is 13.0. The molecule has 170 valence electrons. The van der Waals surface area contributed by atoms with Crippen LogP contribution in [0.5, 0.6) is 0 Å². The Bertz CT molecular complexity index is 1560. The number of carbonyl (C=O) groups excluding carboxylic acids is 1. The van der Waals surface area contributed by atoms with Crippen LogP contribution in [0.3, 0.4) is 0 Å². The van der Waals surface area contributed by atoms with E-state index in [0.717, 1.165) is 60.1 Å². The predicted octanol–water partition coefficient (Wildman–Crippen LogP) is 5.09. The first-order valence-electron chi connectivity index (χ1n) is 11.7. The highest BCUT2D eigenvalue weighted by Gasteiger charge is 2.21. The molecule has 1 aliphatic rings. The topological polar surface area (TPSA) is 65.4 Å². The molecular formula is C27H25N5OS. The van der Waals surface area contributed by atoms with Crippen LogP contribution in [-0.2, 0) is 6.54 Å². The maximum atomic E-state index is 13.0. The Balaban J connectivity index is 1.19. The van der Waals surface area contributed by atoms with Crippen LogP contribution in [0, 0.1) is 4.77 Å². The third-order valence-corrected chi connectivity index (χ3v) is 6.98. The molecule has 3 heterocycles. The van der Waals surface area contributed by atoms with Crippen LogP contribution in [0.2, 0.25) is 0 Å². The second-order valence-corrected chi connectivity index (χ2v) is 9.35. The smallest absolute Gasteiger partial charge is 0.251 e. The van der Waals surface area contributed by atoms with Gasteiger partial charge in [0.25, 0.3) is 5.91 Å².